The second-order valence-electron chi connectivity index (χ2n) is 6.57. The quantitative estimate of drug-likeness (QED) is 0.344. The van der Waals surface area contributed by atoms with Gasteiger partial charge in [0.2, 0.25) is 0 Å². The predicted molar refractivity (Wildman–Crippen MR) is 96.7 cm³/mol. The highest BCUT2D eigenvalue weighted by Gasteiger charge is 2.26. The van der Waals surface area contributed by atoms with E-state index in [0.717, 1.165) is 50.5 Å². The lowest BCUT2D eigenvalue weighted by Crippen LogP contribution is -2.31. The van der Waals surface area contributed by atoms with E-state index in [4.69, 9.17) is 13.7 Å². The molecule has 1 fully saturated rings. The molecule has 25 heavy (non-hydrogen) atoms. The fraction of sp³-hybridized carbons (Fsp3) is 0.684. The minimum atomic E-state index is -3.85. The van der Waals surface area contributed by atoms with Crippen molar-refractivity contribution in [3.8, 4) is 0 Å². The molecule has 0 aromatic heterocycles. The normalized spacial score (nSPS) is 19.7. The van der Waals surface area contributed by atoms with Gasteiger partial charge in [0.05, 0.1) is 4.90 Å². The Hall–Kier alpha value is -0.950. The zero-order chi connectivity index (χ0) is 18.1. The fourth-order valence-electron chi connectivity index (χ4n) is 2.77. The highest BCUT2D eigenvalue weighted by molar-refractivity contribution is 7.86. The highest BCUT2D eigenvalue weighted by Crippen LogP contribution is 2.23. The van der Waals surface area contributed by atoms with Crippen LogP contribution in [0, 0.1) is 6.92 Å². The molecule has 0 amide bonds. The number of aryl methyl sites for hydroxylation is 1. The number of ether oxygens (including phenoxy) is 2. The van der Waals surface area contributed by atoms with Crippen LogP contribution < -0.4 is 0 Å². The molecule has 1 saturated heterocycles. The summed E-state index contributed by atoms with van der Waals surface area (Å²) in [5.74, 6) is 0. The van der Waals surface area contributed by atoms with E-state index in [-0.39, 0.29) is 11.2 Å². The molecule has 1 heterocycles. The van der Waals surface area contributed by atoms with Crippen LogP contribution in [0.2, 0.25) is 0 Å². The number of hydrogen-bond acceptors (Lipinski definition) is 5. The number of benzene rings is 1. The van der Waals surface area contributed by atoms with Crippen molar-refractivity contribution in [1.29, 1.82) is 0 Å². The van der Waals surface area contributed by atoms with Gasteiger partial charge in [0, 0.05) is 6.61 Å². The molecule has 1 aliphatic heterocycles. The summed E-state index contributed by atoms with van der Waals surface area (Å²) in [5, 5.41) is 0. The molecular formula is C19H30O5S. The molecule has 0 N–H and O–H groups in total. The zero-order valence-corrected chi connectivity index (χ0v) is 16.1. The monoisotopic (exact) mass is 370 g/mol. The molecule has 6 heteroatoms. The maximum Gasteiger partial charge on any atom is 0.299 e. The largest absolute Gasteiger partial charge is 0.353 e. The molecule has 0 saturated carbocycles. The Labute approximate surface area is 151 Å². The van der Waals surface area contributed by atoms with Crippen LogP contribution in [0.3, 0.4) is 0 Å². The van der Waals surface area contributed by atoms with Crippen LogP contribution in [0.15, 0.2) is 29.2 Å². The topological polar surface area (TPSA) is 61.8 Å². The Morgan fingerprint density at radius 1 is 1.16 bits per heavy atom. The van der Waals surface area contributed by atoms with E-state index in [1.165, 1.54) is 0 Å². The van der Waals surface area contributed by atoms with Crippen LogP contribution in [-0.2, 0) is 23.8 Å². The first kappa shape index (κ1) is 20.4. The molecule has 1 aliphatic rings. The van der Waals surface area contributed by atoms with Crippen molar-refractivity contribution in [1.82, 2.24) is 0 Å². The van der Waals surface area contributed by atoms with E-state index in [2.05, 4.69) is 6.92 Å². The summed E-state index contributed by atoms with van der Waals surface area (Å²) >= 11 is 0. The molecule has 0 bridgehead atoms. The first-order valence-electron chi connectivity index (χ1n) is 9.28. The number of rotatable bonds is 10. The minimum Gasteiger partial charge on any atom is -0.353 e. The van der Waals surface area contributed by atoms with Crippen molar-refractivity contribution in [2.24, 2.45) is 0 Å². The van der Waals surface area contributed by atoms with Gasteiger partial charge in [-0.2, -0.15) is 8.42 Å². The van der Waals surface area contributed by atoms with Crippen LogP contribution >= 0.6 is 0 Å². The van der Waals surface area contributed by atoms with Crippen LogP contribution in [0.1, 0.15) is 63.9 Å². The molecule has 2 unspecified atom stereocenters. The Morgan fingerprint density at radius 2 is 1.92 bits per heavy atom. The summed E-state index contributed by atoms with van der Waals surface area (Å²) in [5.41, 5.74) is 1.00. The summed E-state index contributed by atoms with van der Waals surface area (Å²) in [6.07, 6.45) is 6.34. The lowest BCUT2D eigenvalue weighted by Gasteiger charge is -2.27. The molecule has 0 aliphatic carbocycles. The summed E-state index contributed by atoms with van der Waals surface area (Å²) < 4.78 is 41.9. The van der Waals surface area contributed by atoms with Crippen molar-refractivity contribution in [3.05, 3.63) is 29.8 Å². The third-order valence-electron chi connectivity index (χ3n) is 4.28. The second-order valence-corrected chi connectivity index (χ2v) is 8.15. The third kappa shape index (κ3) is 7.05. The second kappa shape index (κ2) is 10.3. The van der Waals surface area contributed by atoms with Crippen molar-refractivity contribution in [2.45, 2.75) is 82.7 Å². The molecule has 5 nitrogen and oxygen atoms in total. The van der Waals surface area contributed by atoms with Gasteiger partial charge in [0.1, 0.15) is 0 Å². The predicted octanol–water partition coefficient (Wildman–Crippen LogP) is 4.54. The molecular weight excluding hydrogens is 340 g/mol. The van der Waals surface area contributed by atoms with Crippen LogP contribution in [-0.4, -0.2) is 27.6 Å². The van der Waals surface area contributed by atoms with E-state index in [0.29, 0.717) is 13.0 Å². The average Bonchev–Trinajstić information content (AvgIpc) is 2.59. The van der Waals surface area contributed by atoms with Crippen molar-refractivity contribution < 1.29 is 22.1 Å². The molecule has 1 aromatic rings. The summed E-state index contributed by atoms with van der Waals surface area (Å²) in [6, 6.07) is 6.65. The van der Waals surface area contributed by atoms with Gasteiger partial charge in [0.15, 0.2) is 12.6 Å². The van der Waals surface area contributed by atoms with E-state index < -0.39 is 16.4 Å². The van der Waals surface area contributed by atoms with Gasteiger partial charge in [-0.3, -0.25) is 0 Å². The van der Waals surface area contributed by atoms with Gasteiger partial charge in [-0.15, -0.1) is 0 Å². The van der Waals surface area contributed by atoms with Crippen molar-refractivity contribution in [3.63, 3.8) is 0 Å². The lowest BCUT2D eigenvalue weighted by atomic mass is 10.1. The summed E-state index contributed by atoms with van der Waals surface area (Å²) in [6.45, 7) is 4.71. The van der Waals surface area contributed by atoms with Gasteiger partial charge in [-0.1, -0.05) is 43.9 Å². The Balaban J connectivity index is 2.00. The maximum atomic E-state index is 12.5. The van der Waals surface area contributed by atoms with Crippen LogP contribution in [0.25, 0.3) is 0 Å². The molecule has 1 aromatic carbocycles. The fourth-order valence-corrected chi connectivity index (χ4v) is 3.77. The smallest absolute Gasteiger partial charge is 0.299 e. The number of hydrogen-bond donors (Lipinski definition) is 0. The highest BCUT2D eigenvalue weighted by atomic mass is 32.2. The molecule has 0 spiro atoms. The van der Waals surface area contributed by atoms with Crippen molar-refractivity contribution in [2.75, 3.05) is 6.61 Å². The molecule has 142 valence electrons. The maximum absolute atomic E-state index is 12.5. The van der Waals surface area contributed by atoms with Crippen molar-refractivity contribution >= 4 is 10.1 Å². The van der Waals surface area contributed by atoms with Gasteiger partial charge in [-0.25, -0.2) is 4.18 Å². The van der Waals surface area contributed by atoms with Gasteiger partial charge in [-0.05, 0) is 51.2 Å². The van der Waals surface area contributed by atoms with Gasteiger partial charge < -0.3 is 9.47 Å². The standard InChI is InChI=1S/C19H30O5S/c1-3-4-5-6-10-19(23-18-9-7-8-15-22-18)24-25(20,21)17-13-11-16(2)12-14-17/h11-14,18-19H,3-10,15H2,1-2H3. The number of unbranched alkanes of at least 4 members (excludes halogenated alkanes) is 3. The third-order valence-corrected chi connectivity index (χ3v) is 5.60. The van der Waals surface area contributed by atoms with E-state index in [9.17, 15) is 8.42 Å². The molecule has 0 radical (unpaired) electrons. The first-order valence-corrected chi connectivity index (χ1v) is 10.7. The lowest BCUT2D eigenvalue weighted by molar-refractivity contribution is -0.232. The first-order chi connectivity index (χ1) is 12.0. The zero-order valence-electron chi connectivity index (χ0n) is 15.3. The van der Waals surface area contributed by atoms with E-state index in [1.807, 2.05) is 6.92 Å². The Kier molecular flexibility index (Phi) is 8.36. The minimum absolute atomic E-state index is 0.157. The van der Waals surface area contributed by atoms with E-state index >= 15 is 0 Å². The Bertz CT molecular complexity index is 591. The summed E-state index contributed by atoms with van der Waals surface area (Å²) in [7, 11) is -3.85. The van der Waals surface area contributed by atoms with Crippen LogP contribution in [0.4, 0.5) is 0 Å². The Morgan fingerprint density at radius 3 is 2.56 bits per heavy atom. The van der Waals surface area contributed by atoms with E-state index in [1.54, 1.807) is 24.3 Å². The SMILES string of the molecule is CCCCCCC(OC1CCCCO1)OS(=O)(=O)c1ccc(C)cc1. The van der Waals surface area contributed by atoms with Gasteiger partial charge in [0.25, 0.3) is 10.1 Å². The average molecular weight is 371 g/mol. The van der Waals surface area contributed by atoms with Crippen LogP contribution in [0.5, 0.6) is 0 Å². The molecule has 2 rings (SSSR count). The summed E-state index contributed by atoms with van der Waals surface area (Å²) in [4.78, 5) is 0.157. The molecule has 2 atom stereocenters. The van der Waals surface area contributed by atoms with Gasteiger partial charge >= 0.3 is 0 Å².